The molecule has 0 aromatic heterocycles. The Morgan fingerprint density at radius 3 is 2.00 bits per heavy atom. The van der Waals surface area contributed by atoms with E-state index in [1.54, 1.807) is 22.6 Å². The largest absolute Gasteiger partial charge is 0.478 e. The zero-order valence-corrected chi connectivity index (χ0v) is 11.5. The van der Waals surface area contributed by atoms with Gasteiger partial charge in [0.15, 0.2) is 0 Å². The van der Waals surface area contributed by atoms with Crippen molar-refractivity contribution in [1.82, 2.24) is 0 Å². The van der Waals surface area contributed by atoms with Gasteiger partial charge < -0.3 is 5.11 Å². The van der Waals surface area contributed by atoms with E-state index in [1.165, 1.54) is 40.8 Å². The number of rotatable bonds is 3. The number of aromatic carboxylic acids is 1. The van der Waals surface area contributed by atoms with Gasteiger partial charge in [0.25, 0.3) is 0 Å². The Morgan fingerprint density at radius 1 is 1.00 bits per heavy atom. The van der Waals surface area contributed by atoms with Crippen molar-refractivity contribution >= 4 is 58.7 Å². The van der Waals surface area contributed by atoms with Crippen LogP contribution in [0.2, 0.25) is 0 Å². The maximum atomic E-state index is 11.1. The fourth-order valence-corrected chi connectivity index (χ4v) is 1.82. The normalized spacial score (nSPS) is 9.73. The van der Waals surface area contributed by atoms with E-state index in [2.05, 4.69) is 0 Å². The molecule has 0 aliphatic carbocycles. The average molecular weight is 430 g/mol. The first kappa shape index (κ1) is 12.6. The zero-order chi connectivity index (χ0) is 11.6. The van der Waals surface area contributed by atoms with E-state index in [0.717, 1.165) is 0 Å². The third-order valence-electron chi connectivity index (χ3n) is 1.69. The molecule has 0 bridgehead atoms. The Bertz CT molecular complexity index is 453. The standard InChI is InChI=1S/C9H4I2O4/c10-7(12)4-1-2-5(8(11)13)6(3-4)9(14)15/h1-3H,(H,14,15). The number of carboxylic acid groups (broad SMARTS) is 1. The van der Waals surface area contributed by atoms with Gasteiger partial charge in [0.1, 0.15) is 0 Å². The first-order valence-corrected chi connectivity index (χ1v) is 5.86. The second kappa shape index (κ2) is 5.01. The monoisotopic (exact) mass is 430 g/mol. The van der Waals surface area contributed by atoms with Gasteiger partial charge in [0.2, 0.25) is 7.58 Å². The lowest BCUT2D eigenvalue weighted by molar-refractivity contribution is 0.0693. The van der Waals surface area contributed by atoms with Crippen molar-refractivity contribution in [3.8, 4) is 0 Å². The van der Waals surface area contributed by atoms with Crippen molar-refractivity contribution in [2.75, 3.05) is 0 Å². The minimum Gasteiger partial charge on any atom is -0.478 e. The van der Waals surface area contributed by atoms with Crippen molar-refractivity contribution in [1.29, 1.82) is 0 Å². The van der Waals surface area contributed by atoms with Gasteiger partial charge in [-0.25, -0.2) is 4.79 Å². The van der Waals surface area contributed by atoms with Gasteiger partial charge in [-0.05, 0) is 18.2 Å². The molecule has 1 aromatic carbocycles. The molecular formula is C9H4I2O4. The predicted molar refractivity (Wildman–Crippen MR) is 70.1 cm³/mol. The molecule has 0 fully saturated rings. The fourth-order valence-electron chi connectivity index (χ4n) is 1.01. The summed E-state index contributed by atoms with van der Waals surface area (Å²) >= 11 is 3.07. The highest BCUT2D eigenvalue weighted by Gasteiger charge is 2.16. The average Bonchev–Trinajstić information content (AvgIpc) is 2.16. The van der Waals surface area contributed by atoms with Crippen molar-refractivity contribution < 1.29 is 19.5 Å². The molecule has 0 unspecified atom stereocenters. The predicted octanol–water partition coefficient (Wildman–Crippen LogP) is 2.54. The van der Waals surface area contributed by atoms with E-state index in [4.69, 9.17) is 5.11 Å². The van der Waals surface area contributed by atoms with Crippen LogP contribution in [0.5, 0.6) is 0 Å². The number of carbonyl (C=O) groups is 3. The number of carboxylic acids is 1. The Morgan fingerprint density at radius 2 is 1.60 bits per heavy atom. The Kier molecular flexibility index (Phi) is 4.20. The molecule has 1 rings (SSSR count). The second-order valence-corrected chi connectivity index (χ2v) is 4.57. The molecule has 1 N–H and O–H groups in total. The molecule has 0 saturated heterocycles. The first-order valence-electron chi connectivity index (χ1n) is 3.70. The molecule has 6 heteroatoms. The van der Waals surface area contributed by atoms with E-state index in [9.17, 15) is 14.4 Å². The highest BCUT2D eigenvalue weighted by Crippen LogP contribution is 2.17. The number of benzene rings is 1. The number of hydrogen-bond acceptors (Lipinski definition) is 3. The lowest BCUT2D eigenvalue weighted by atomic mass is 10.1. The van der Waals surface area contributed by atoms with Crippen LogP contribution in [0.25, 0.3) is 0 Å². The molecule has 15 heavy (non-hydrogen) atoms. The van der Waals surface area contributed by atoms with E-state index in [-0.39, 0.29) is 24.3 Å². The van der Waals surface area contributed by atoms with Crippen molar-refractivity contribution in [3.05, 3.63) is 34.9 Å². The van der Waals surface area contributed by atoms with Crippen LogP contribution >= 0.6 is 45.2 Å². The molecule has 0 saturated carbocycles. The van der Waals surface area contributed by atoms with Crippen LogP contribution in [0, 0.1) is 0 Å². The van der Waals surface area contributed by atoms with Gasteiger partial charge in [-0.3, -0.25) is 9.59 Å². The van der Waals surface area contributed by atoms with Crippen LogP contribution in [0.4, 0.5) is 0 Å². The molecule has 1 aromatic rings. The smallest absolute Gasteiger partial charge is 0.336 e. The van der Waals surface area contributed by atoms with Gasteiger partial charge >= 0.3 is 5.97 Å². The topological polar surface area (TPSA) is 71.4 Å². The van der Waals surface area contributed by atoms with E-state index in [0.29, 0.717) is 0 Å². The minimum atomic E-state index is -1.21. The van der Waals surface area contributed by atoms with E-state index >= 15 is 0 Å². The van der Waals surface area contributed by atoms with Crippen LogP contribution in [0.3, 0.4) is 0 Å². The maximum absolute atomic E-state index is 11.1. The molecule has 0 atom stereocenters. The van der Waals surface area contributed by atoms with Crippen LogP contribution in [-0.2, 0) is 0 Å². The summed E-state index contributed by atoms with van der Waals surface area (Å²) in [4.78, 5) is 32.9. The van der Waals surface area contributed by atoms with Crippen LogP contribution in [0.15, 0.2) is 18.2 Å². The van der Waals surface area contributed by atoms with Crippen LogP contribution < -0.4 is 0 Å². The van der Waals surface area contributed by atoms with E-state index in [1.807, 2.05) is 0 Å². The summed E-state index contributed by atoms with van der Waals surface area (Å²) in [6, 6.07) is 4.00. The highest BCUT2D eigenvalue weighted by atomic mass is 127. The van der Waals surface area contributed by atoms with Crippen molar-refractivity contribution in [2.24, 2.45) is 0 Å². The third kappa shape index (κ3) is 2.97. The molecule has 4 nitrogen and oxygen atoms in total. The van der Waals surface area contributed by atoms with Gasteiger partial charge in [-0.1, -0.05) is 0 Å². The zero-order valence-electron chi connectivity index (χ0n) is 7.16. The Hall–Kier alpha value is -0.510. The summed E-state index contributed by atoms with van der Waals surface area (Å²) in [5, 5.41) is 8.85. The minimum absolute atomic E-state index is 0.101. The van der Waals surface area contributed by atoms with Gasteiger partial charge in [0, 0.05) is 56.3 Å². The molecular weight excluding hydrogens is 426 g/mol. The Labute approximate surface area is 112 Å². The van der Waals surface area contributed by atoms with Gasteiger partial charge in [0.05, 0.1) is 5.56 Å². The third-order valence-corrected chi connectivity index (χ3v) is 2.89. The van der Waals surface area contributed by atoms with E-state index < -0.39 is 5.97 Å². The van der Waals surface area contributed by atoms with Crippen molar-refractivity contribution in [2.45, 2.75) is 0 Å². The Balaban J connectivity index is 3.40. The molecule has 0 heterocycles. The van der Waals surface area contributed by atoms with Gasteiger partial charge in [-0.2, -0.15) is 0 Å². The first-order chi connectivity index (χ1) is 6.93. The van der Waals surface area contributed by atoms with Crippen molar-refractivity contribution in [3.63, 3.8) is 0 Å². The summed E-state index contributed by atoms with van der Waals surface area (Å²) in [6.45, 7) is 0. The second-order valence-electron chi connectivity index (χ2n) is 2.61. The molecule has 0 aliphatic heterocycles. The summed E-state index contributed by atoms with van der Waals surface area (Å²) in [7, 11) is 0. The maximum Gasteiger partial charge on any atom is 0.336 e. The summed E-state index contributed by atoms with van der Waals surface area (Å²) in [6.07, 6.45) is 0. The lowest BCUT2D eigenvalue weighted by Crippen LogP contribution is -2.06. The highest BCUT2D eigenvalue weighted by molar-refractivity contribution is 14.1. The summed E-state index contributed by atoms with van der Waals surface area (Å²) in [5.74, 6) is -1.21. The number of hydrogen-bond donors (Lipinski definition) is 1. The fraction of sp³-hybridized carbons (Fsp3) is 0. The quantitative estimate of drug-likeness (QED) is 0.592. The molecule has 0 spiro atoms. The van der Waals surface area contributed by atoms with Crippen LogP contribution in [-0.4, -0.2) is 18.7 Å². The number of halogens is 2. The SMILES string of the molecule is O=C(I)c1ccc(C(=O)I)c(C(=O)O)c1. The van der Waals surface area contributed by atoms with Gasteiger partial charge in [-0.15, -0.1) is 0 Å². The summed E-state index contributed by atoms with van der Waals surface area (Å²) in [5.41, 5.74) is 0.232. The molecule has 0 radical (unpaired) electrons. The number of carbonyl (C=O) groups excluding carboxylic acids is 2. The lowest BCUT2D eigenvalue weighted by Gasteiger charge is -2.02. The summed E-state index contributed by atoms with van der Waals surface area (Å²) < 4.78 is -0.625. The molecule has 0 amide bonds. The molecule has 0 aliphatic rings. The molecule has 78 valence electrons. The van der Waals surface area contributed by atoms with Crippen LogP contribution in [0.1, 0.15) is 31.1 Å².